The summed E-state index contributed by atoms with van der Waals surface area (Å²) in [6.07, 6.45) is 3.15. The van der Waals surface area contributed by atoms with E-state index in [0.717, 1.165) is 19.1 Å². The van der Waals surface area contributed by atoms with Gasteiger partial charge in [-0.1, -0.05) is 0 Å². The highest BCUT2D eigenvalue weighted by atomic mass is 32.1. The third-order valence-corrected chi connectivity index (χ3v) is 4.94. The zero-order chi connectivity index (χ0) is 15.7. The van der Waals surface area contributed by atoms with Crippen molar-refractivity contribution in [2.75, 3.05) is 18.8 Å². The monoisotopic (exact) mass is 320 g/mol. The molecule has 3 N–H and O–H groups in total. The van der Waals surface area contributed by atoms with Gasteiger partial charge in [-0.05, 0) is 18.8 Å². The van der Waals surface area contributed by atoms with Crippen LogP contribution in [0.2, 0.25) is 0 Å². The molecule has 0 unspecified atom stereocenters. The Morgan fingerprint density at radius 2 is 2.18 bits per heavy atom. The van der Waals surface area contributed by atoms with Crippen molar-refractivity contribution in [1.29, 1.82) is 0 Å². The predicted octanol–water partition coefficient (Wildman–Crippen LogP) is 1.42. The number of thiophene rings is 1. The molecule has 0 saturated carbocycles. The molecule has 22 heavy (non-hydrogen) atoms. The molecule has 8 heteroatoms. The Bertz CT molecular complexity index is 722. The number of aromatic nitrogens is 2. The van der Waals surface area contributed by atoms with Gasteiger partial charge in [0.05, 0.1) is 5.56 Å². The van der Waals surface area contributed by atoms with Gasteiger partial charge in [0, 0.05) is 24.9 Å². The van der Waals surface area contributed by atoms with Gasteiger partial charge in [0.1, 0.15) is 16.5 Å². The summed E-state index contributed by atoms with van der Waals surface area (Å²) >= 11 is 1.23. The number of carbonyl (C=O) groups is 2. The average molecular weight is 320 g/mol. The van der Waals surface area contributed by atoms with Crippen LogP contribution >= 0.6 is 11.3 Å². The molecule has 3 rings (SSSR count). The minimum absolute atomic E-state index is 0.0536. The fourth-order valence-electron chi connectivity index (χ4n) is 2.75. The first-order valence-electron chi connectivity index (χ1n) is 7.06. The average Bonchev–Trinajstić information content (AvgIpc) is 2.91. The number of likely N-dealkylation sites (tertiary alicyclic amines) is 1. The van der Waals surface area contributed by atoms with E-state index in [1.807, 2.05) is 0 Å². The van der Waals surface area contributed by atoms with Crippen molar-refractivity contribution in [1.82, 2.24) is 14.9 Å². The van der Waals surface area contributed by atoms with Crippen molar-refractivity contribution in [3.05, 3.63) is 10.9 Å². The molecule has 0 bridgehead atoms. The van der Waals surface area contributed by atoms with Gasteiger partial charge in [0.15, 0.2) is 0 Å². The minimum Gasteiger partial charge on any atom is -0.492 e. The van der Waals surface area contributed by atoms with E-state index in [2.05, 4.69) is 9.97 Å². The molecule has 2 aromatic heterocycles. The number of piperidine rings is 1. The molecule has 1 aliphatic heterocycles. The number of nitrogens with two attached hydrogens (primary N) is 1. The molecule has 0 atom stereocenters. The zero-order valence-corrected chi connectivity index (χ0v) is 12.7. The maximum Gasteiger partial charge on any atom is 0.256 e. The SMILES string of the molecule is Nc1nc(O)c2scc(C(=O)N3CCC(CC=O)CC3)c2n1. The molecule has 0 aromatic carbocycles. The van der Waals surface area contributed by atoms with Crippen LogP contribution < -0.4 is 5.73 Å². The van der Waals surface area contributed by atoms with Gasteiger partial charge in [0.2, 0.25) is 11.8 Å². The molecular weight excluding hydrogens is 304 g/mol. The van der Waals surface area contributed by atoms with E-state index in [0.29, 0.717) is 41.2 Å². The Morgan fingerprint density at radius 1 is 1.45 bits per heavy atom. The quantitative estimate of drug-likeness (QED) is 0.828. The van der Waals surface area contributed by atoms with Crippen molar-refractivity contribution in [2.24, 2.45) is 5.92 Å². The molecule has 3 heterocycles. The summed E-state index contributed by atoms with van der Waals surface area (Å²) in [6, 6.07) is 0. The lowest BCUT2D eigenvalue weighted by molar-refractivity contribution is -0.108. The van der Waals surface area contributed by atoms with Crippen molar-refractivity contribution >= 4 is 39.7 Å². The molecule has 116 valence electrons. The Hall–Kier alpha value is -2.22. The van der Waals surface area contributed by atoms with E-state index < -0.39 is 0 Å². The minimum atomic E-state index is -0.198. The van der Waals surface area contributed by atoms with Gasteiger partial charge in [-0.2, -0.15) is 4.98 Å². The number of aromatic hydroxyl groups is 1. The predicted molar refractivity (Wildman–Crippen MR) is 82.8 cm³/mol. The van der Waals surface area contributed by atoms with Crippen molar-refractivity contribution < 1.29 is 14.7 Å². The lowest BCUT2D eigenvalue weighted by atomic mass is 9.94. The number of rotatable bonds is 3. The number of hydrogen-bond acceptors (Lipinski definition) is 7. The van der Waals surface area contributed by atoms with Crippen LogP contribution in [-0.4, -0.2) is 45.3 Å². The maximum absolute atomic E-state index is 12.6. The summed E-state index contributed by atoms with van der Waals surface area (Å²) in [5, 5.41) is 11.5. The van der Waals surface area contributed by atoms with E-state index in [9.17, 15) is 14.7 Å². The standard InChI is InChI=1S/C14H16N4O3S/c15-14-16-10-9(7-22-11(10)12(20)17-14)13(21)18-4-1-8(2-5-18)3-6-19/h6-8H,1-5H2,(H3,15,16,17,20). The molecule has 1 amide bonds. The Labute approximate surface area is 130 Å². The van der Waals surface area contributed by atoms with Crippen LogP contribution in [0.5, 0.6) is 5.88 Å². The maximum atomic E-state index is 12.6. The topological polar surface area (TPSA) is 109 Å². The molecule has 1 aliphatic rings. The van der Waals surface area contributed by atoms with E-state index in [1.165, 1.54) is 11.3 Å². The van der Waals surface area contributed by atoms with Crippen molar-refractivity contribution in [2.45, 2.75) is 19.3 Å². The number of nitrogen functional groups attached to an aromatic ring is 1. The Morgan fingerprint density at radius 3 is 2.86 bits per heavy atom. The second-order valence-corrected chi connectivity index (χ2v) is 6.25. The molecule has 1 fully saturated rings. The number of hydrogen-bond donors (Lipinski definition) is 2. The first-order valence-corrected chi connectivity index (χ1v) is 7.94. The molecule has 1 saturated heterocycles. The normalized spacial score (nSPS) is 16.1. The van der Waals surface area contributed by atoms with E-state index in [-0.39, 0.29) is 17.7 Å². The van der Waals surface area contributed by atoms with Gasteiger partial charge in [-0.3, -0.25) is 4.79 Å². The van der Waals surface area contributed by atoms with Gasteiger partial charge in [-0.15, -0.1) is 11.3 Å². The van der Waals surface area contributed by atoms with Crippen LogP contribution in [0.4, 0.5) is 5.95 Å². The van der Waals surface area contributed by atoms with Crippen LogP contribution in [-0.2, 0) is 4.79 Å². The summed E-state index contributed by atoms with van der Waals surface area (Å²) in [4.78, 5) is 32.7. The second kappa shape index (κ2) is 5.88. The first-order chi connectivity index (χ1) is 10.6. The largest absolute Gasteiger partial charge is 0.492 e. The fraction of sp³-hybridized carbons (Fsp3) is 0.429. The molecule has 7 nitrogen and oxygen atoms in total. The molecule has 0 radical (unpaired) electrons. The lowest BCUT2D eigenvalue weighted by Gasteiger charge is -2.31. The number of carbonyl (C=O) groups excluding carboxylic acids is 2. The summed E-state index contributed by atoms with van der Waals surface area (Å²) in [7, 11) is 0. The highest BCUT2D eigenvalue weighted by Gasteiger charge is 2.26. The van der Waals surface area contributed by atoms with E-state index in [4.69, 9.17) is 5.73 Å². The third-order valence-electron chi connectivity index (χ3n) is 3.98. The number of amides is 1. The van der Waals surface area contributed by atoms with Crippen LogP contribution in [0.3, 0.4) is 0 Å². The fourth-order valence-corrected chi connectivity index (χ4v) is 3.62. The summed E-state index contributed by atoms with van der Waals surface area (Å²) < 4.78 is 0.466. The van der Waals surface area contributed by atoms with Crippen molar-refractivity contribution in [3.8, 4) is 5.88 Å². The highest BCUT2D eigenvalue weighted by molar-refractivity contribution is 7.17. The van der Waals surface area contributed by atoms with Crippen molar-refractivity contribution in [3.63, 3.8) is 0 Å². The van der Waals surface area contributed by atoms with Gasteiger partial charge in [-0.25, -0.2) is 4.98 Å². The lowest BCUT2D eigenvalue weighted by Crippen LogP contribution is -2.38. The number of anilines is 1. The number of aldehydes is 1. The number of nitrogens with zero attached hydrogens (tertiary/aromatic N) is 3. The molecule has 2 aromatic rings. The van der Waals surface area contributed by atoms with E-state index >= 15 is 0 Å². The third kappa shape index (κ3) is 2.61. The Balaban J connectivity index is 1.83. The van der Waals surface area contributed by atoms with Gasteiger partial charge in [0.25, 0.3) is 5.91 Å². The molecular formula is C14H16N4O3S. The van der Waals surface area contributed by atoms with Gasteiger partial charge < -0.3 is 20.5 Å². The number of fused-ring (bicyclic) bond motifs is 1. The van der Waals surface area contributed by atoms with Crippen LogP contribution in [0.1, 0.15) is 29.6 Å². The summed E-state index contributed by atoms with van der Waals surface area (Å²) in [5.74, 6) is -0.00512. The highest BCUT2D eigenvalue weighted by Crippen LogP contribution is 2.32. The van der Waals surface area contributed by atoms with E-state index in [1.54, 1.807) is 10.3 Å². The molecule has 0 aliphatic carbocycles. The summed E-state index contributed by atoms with van der Waals surface area (Å²) in [5.41, 5.74) is 6.39. The zero-order valence-electron chi connectivity index (χ0n) is 11.9. The van der Waals surface area contributed by atoms with Crippen LogP contribution in [0, 0.1) is 5.92 Å². The van der Waals surface area contributed by atoms with Crippen LogP contribution in [0.25, 0.3) is 10.2 Å². The Kier molecular flexibility index (Phi) is 3.93. The summed E-state index contributed by atoms with van der Waals surface area (Å²) in [6.45, 7) is 1.25. The first kappa shape index (κ1) is 14.7. The van der Waals surface area contributed by atoms with Gasteiger partial charge >= 0.3 is 0 Å². The second-order valence-electron chi connectivity index (χ2n) is 5.37. The molecule has 0 spiro atoms. The van der Waals surface area contributed by atoms with Crippen LogP contribution in [0.15, 0.2) is 5.38 Å². The smallest absolute Gasteiger partial charge is 0.256 e.